The van der Waals surface area contributed by atoms with E-state index < -0.39 is 0 Å². The van der Waals surface area contributed by atoms with Gasteiger partial charge in [0, 0.05) is 26.1 Å². The number of fused-ring (bicyclic) bond motifs is 1. The van der Waals surface area contributed by atoms with Crippen molar-refractivity contribution in [2.45, 2.75) is 26.2 Å². The van der Waals surface area contributed by atoms with E-state index in [0.717, 1.165) is 49.2 Å². The number of benzene rings is 1. The quantitative estimate of drug-likeness (QED) is 0.911. The molecule has 0 bridgehead atoms. The van der Waals surface area contributed by atoms with Crippen LogP contribution in [0.15, 0.2) is 24.3 Å². The van der Waals surface area contributed by atoms with Gasteiger partial charge in [0.2, 0.25) is 0 Å². The van der Waals surface area contributed by atoms with E-state index in [-0.39, 0.29) is 6.03 Å². The molecule has 5 heteroatoms. The molecule has 0 radical (unpaired) electrons. The van der Waals surface area contributed by atoms with Crippen molar-refractivity contribution in [3.8, 4) is 0 Å². The smallest absolute Gasteiger partial charge is 0.317 e. The molecule has 1 aliphatic rings. The van der Waals surface area contributed by atoms with Crippen LogP contribution in [0.4, 0.5) is 4.79 Å². The number of hydrogen-bond acceptors (Lipinski definition) is 2. The number of para-hydroxylation sites is 2. The Labute approximate surface area is 124 Å². The van der Waals surface area contributed by atoms with Crippen molar-refractivity contribution in [3.05, 3.63) is 30.1 Å². The molecule has 2 amide bonds. The van der Waals surface area contributed by atoms with E-state index in [2.05, 4.69) is 21.4 Å². The minimum Gasteiger partial charge on any atom is -0.342 e. The Balaban J connectivity index is 1.56. The first-order valence-electron chi connectivity index (χ1n) is 7.72. The maximum atomic E-state index is 11.8. The third-order valence-electron chi connectivity index (χ3n) is 4.15. The van der Waals surface area contributed by atoms with Crippen LogP contribution in [0, 0.1) is 5.92 Å². The van der Waals surface area contributed by atoms with E-state index in [1.54, 1.807) is 0 Å². The first kappa shape index (κ1) is 13.9. The first-order valence-corrected chi connectivity index (χ1v) is 7.72. The van der Waals surface area contributed by atoms with Crippen molar-refractivity contribution in [2.24, 2.45) is 5.92 Å². The molecule has 1 aromatic carbocycles. The summed E-state index contributed by atoms with van der Waals surface area (Å²) < 4.78 is 0. The predicted octanol–water partition coefficient (Wildman–Crippen LogP) is 2.55. The number of rotatable bonds is 3. The lowest BCUT2D eigenvalue weighted by atomic mass is 9.93. The maximum Gasteiger partial charge on any atom is 0.317 e. The van der Waals surface area contributed by atoms with Crippen LogP contribution in [0.5, 0.6) is 0 Å². The SMILES string of the molecule is CCNC(=O)N1CCC(Cc2nc3ccccc3[nH]2)CC1. The number of nitrogens with one attached hydrogen (secondary N) is 2. The number of carbonyl (C=O) groups excluding carboxylic acids is 1. The summed E-state index contributed by atoms with van der Waals surface area (Å²) in [4.78, 5) is 21.7. The summed E-state index contributed by atoms with van der Waals surface area (Å²) in [6.45, 7) is 4.33. The number of imidazole rings is 1. The number of piperidine rings is 1. The van der Waals surface area contributed by atoms with Gasteiger partial charge in [-0.3, -0.25) is 0 Å². The van der Waals surface area contributed by atoms with Gasteiger partial charge in [0.1, 0.15) is 5.82 Å². The molecule has 2 heterocycles. The van der Waals surface area contributed by atoms with Crippen molar-refractivity contribution in [1.82, 2.24) is 20.2 Å². The molecule has 112 valence electrons. The van der Waals surface area contributed by atoms with Crippen LogP contribution >= 0.6 is 0 Å². The fraction of sp³-hybridized carbons (Fsp3) is 0.500. The monoisotopic (exact) mass is 286 g/mol. The summed E-state index contributed by atoms with van der Waals surface area (Å²) in [6.07, 6.45) is 3.07. The summed E-state index contributed by atoms with van der Waals surface area (Å²) in [7, 11) is 0. The highest BCUT2D eigenvalue weighted by Gasteiger charge is 2.23. The summed E-state index contributed by atoms with van der Waals surface area (Å²) in [5, 5.41) is 2.87. The molecule has 3 rings (SSSR count). The highest BCUT2D eigenvalue weighted by molar-refractivity contribution is 5.75. The molecular formula is C16H22N4O. The fourth-order valence-corrected chi connectivity index (χ4v) is 2.98. The Morgan fingerprint density at radius 2 is 2.14 bits per heavy atom. The predicted molar refractivity (Wildman–Crippen MR) is 83.2 cm³/mol. The number of amides is 2. The van der Waals surface area contributed by atoms with Gasteiger partial charge in [0.05, 0.1) is 11.0 Å². The van der Waals surface area contributed by atoms with Crippen LogP contribution in [0.25, 0.3) is 11.0 Å². The fourth-order valence-electron chi connectivity index (χ4n) is 2.98. The molecule has 1 saturated heterocycles. The number of aromatic amines is 1. The lowest BCUT2D eigenvalue weighted by Gasteiger charge is -2.31. The van der Waals surface area contributed by atoms with E-state index in [1.165, 1.54) is 0 Å². The number of H-pyrrole nitrogens is 1. The van der Waals surface area contributed by atoms with Crippen molar-refractivity contribution >= 4 is 17.1 Å². The third-order valence-corrected chi connectivity index (χ3v) is 4.15. The molecule has 5 nitrogen and oxygen atoms in total. The highest BCUT2D eigenvalue weighted by Crippen LogP contribution is 2.22. The summed E-state index contributed by atoms with van der Waals surface area (Å²) in [5.74, 6) is 1.67. The Morgan fingerprint density at radius 3 is 2.86 bits per heavy atom. The van der Waals surface area contributed by atoms with Gasteiger partial charge in [0.25, 0.3) is 0 Å². The zero-order chi connectivity index (χ0) is 14.7. The Kier molecular flexibility index (Phi) is 4.08. The molecule has 2 aromatic rings. The molecular weight excluding hydrogens is 264 g/mol. The molecule has 1 aromatic heterocycles. The van der Waals surface area contributed by atoms with Crippen LogP contribution in [0.1, 0.15) is 25.6 Å². The summed E-state index contributed by atoms with van der Waals surface area (Å²) >= 11 is 0. The number of likely N-dealkylation sites (tertiary alicyclic amines) is 1. The van der Waals surface area contributed by atoms with Crippen LogP contribution in [0.2, 0.25) is 0 Å². The van der Waals surface area contributed by atoms with Crippen molar-refractivity contribution in [1.29, 1.82) is 0 Å². The summed E-state index contributed by atoms with van der Waals surface area (Å²) in [6, 6.07) is 8.20. The van der Waals surface area contributed by atoms with E-state index in [0.29, 0.717) is 12.5 Å². The van der Waals surface area contributed by atoms with E-state index >= 15 is 0 Å². The normalized spacial score (nSPS) is 16.3. The third kappa shape index (κ3) is 3.17. The standard InChI is InChI=1S/C16H22N4O/c1-2-17-16(21)20-9-7-12(8-10-20)11-15-18-13-5-3-4-6-14(13)19-15/h3-6,12H,2,7-11H2,1H3,(H,17,21)(H,18,19). The van der Waals surface area contributed by atoms with Gasteiger partial charge in [-0.05, 0) is 37.8 Å². The second kappa shape index (κ2) is 6.16. The zero-order valence-corrected chi connectivity index (χ0v) is 12.4. The molecule has 1 fully saturated rings. The summed E-state index contributed by atoms with van der Waals surface area (Å²) in [5.41, 5.74) is 2.14. The minimum atomic E-state index is 0.0692. The van der Waals surface area contributed by atoms with Gasteiger partial charge in [-0.25, -0.2) is 9.78 Å². The average Bonchev–Trinajstić information content (AvgIpc) is 2.90. The van der Waals surface area contributed by atoms with Crippen LogP contribution < -0.4 is 5.32 Å². The Hall–Kier alpha value is -2.04. The van der Waals surface area contributed by atoms with Gasteiger partial charge >= 0.3 is 6.03 Å². The second-order valence-electron chi connectivity index (χ2n) is 5.67. The number of hydrogen-bond donors (Lipinski definition) is 2. The Bertz CT molecular complexity index is 581. The second-order valence-corrected chi connectivity index (χ2v) is 5.67. The largest absolute Gasteiger partial charge is 0.342 e. The first-order chi connectivity index (χ1) is 10.3. The molecule has 0 saturated carbocycles. The number of nitrogens with zero attached hydrogens (tertiary/aromatic N) is 2. The lowest BCUT2D eigenvalue weighted by Crippen LogP contribution is -2.44. The lowest BCUT2D eigenvalue weighted by molar-refractivity contribution is 0.170. The van der Waals surface area contributed by atoms with Crippen molar-refractivity contribution in [3.63, 3.8) is 0 Å². The highest BCUT2D eigenvalue weighted by atomic mass is 16.2. The van der Waals surface area contributed by atoms with Crippen molar-refractivity contribution < 1.29 is 4.79 Å². The van der Waals surface area contributed by atoms with Gasteiger partial charge in [0.15, 0.2) is 0 Å². The van der Waals surface area contributed by atoms with E-state index in [9.17, 15) is 4.79 Å². The molecule has 1 aliphatic heterocycles. The number of urea groups is 1. The topological polar surface area (TPSA) is 61.0 Å². The van der Waals surface area contributed by atoms with Gasteiger partial charge < -0.3 is 15.2 Å². The van der Waals surface area contributed by atoms with E-state index in [1.807, 2.05) is 30.0 Å². The number of aromatic nitrogens is 2. The minimum absolute atomic E-state index is 0.0692. The average molecular weight is 286 g/mol. The molecule has 21 heavy (non-hydrogen) atoms. The van der Waals surface area contributed by atoms with Crippen LogP contribution in [0.3, 0.4) is 0 Å². The molecule has 0 aliphatic carbocycles. The van der Waals surface area contributed by atoms with Crippen LogP contribution in [-0.2, 0) is 6.42 Å². The molecule has 2 N–H and O–H groups in total. The number of carbonyl (C=O) groups is 1. The maximum absolute atomic E-state index is 11.8. The van der Waals surface area contributed by atoms with E-state index in [4.69, 9.17) is 0 Å². The van der Waals surface area contributed by atoms with Crippen molar-refractivity contribution in [2.75, 3.05) is 19.6 Å². The zero-order valence-electron chi connectivity index (χ0n) is 12.4. The van der Waals surface area contributed by atoms with Gasteiger partial charge in [-0.2, -0.15) is 0 Å². The van der Waals surface area contributed by atoms with Crippen LogP contribution in [-0.4, -0.2) is 40.5 Å². The molecule has 0 spiro atoms. The molecule has 0 atom stereocenters. The van der Waals surface area contributed by atoms with Gasteiger partial charge in [-0.1, -0.05) is 12.1 Å². The van der Waals surface area contributed by atoms with Gasteiger partial charge in [-0.15, -0.1) is 0 Å². The molecule has 0 unspecified atom stereocenters. The Morgan fingerprint density at radius 1 is 1.38 bits per heavy atom.